The van der Waals surface area contributed by atoms with Gasteiger partial charge in [0.25, 0.3) is 5.91 Å². The second kappa shape index (κ2) is 5.75. The Balaban J connectivity index is 2.07. The molecule has 0 aromatic carbocycles. The quantitative estimate of drug-likeness (QED) is 0.903. The van der Waals surface area contributed by atoms with E-state index in [1.807, 2.05) is 19.1 Å². The molecule has 2 rings (SSSR count). The summed E-state index contributed by atoms with van der Waals surface area (Å²) in [5.41, 5.74) is 0.379. The summed E-state index contributed by atoms with van der Waals surface area (Å²) in [4.78, 5) is 16.0. The molecular formula is C13H14ClN3O2. The lowest BCUT2D eigenvalue weighted by molar-refractivity contribution is 0.0948. The Morgan fingerprint density at radius 3 is 2.89 bits per heavy atom. The molecular weight excluding hydrogens is 266 g/mol. The van der Waals surface area contributed by atoms with Crippen molar-refractivity contribution in [1.29, 1.82) is 0 Å². The first-order chi connectivity index (χ1) is 9.10. The molecule has 0 saturated carbocycles. The highest BCUT2D eigenvalue weighted by Gasteiger charge is 2.12. The molecule has 2 aromatic rings. The third-order valence-corrected chi connectivity index (χ3v) is 2.88. The number of hydrogen-bond acceptors (Lipinski definition) is 4. The monoisotopic (exact) mass is 279 g/mol. The molecule has 2 heterocycles. The van der Waals surface area contributed by atoms with Gasteiger partial charge in [0, 0.05) is 13.2 Å². The summed E-state index contributed by atoms with van der Waals surface area (Å²) in [6.45, 7) is 2.17. The maximum atomic E-state index is 12.0. The van der Waals surface area contributed by atoms with Crippen LogP contribution in [0.3, 0.4) is 0 Å². The number of amides is 1. The van der Waals surface area contributed by atoms with Crippen LogP contribution in [0.5, 0.6) is 0 Å². The Hall–Kier alpha value is -2.01. The number of carbonyl (C=O) groups excluding carboxylic acids is 1. The minimum Gasteiger partial charge on any atom is -0.465 e. The van der Waals surface area contributed by atoms with Gasteiger partial charge in [0.1, 0.15) is 17.3 Å². The van der Waals surface area contributed by atoms with Crippen molar-refractivity contribution in [1.82, 2.24) is 10.3 Å². The van der Waals surface area contributed by atoms with Crippen molar-refractivity contribution in [2.75, 3.05) is 12.4 Å². The van der Waals surface area contributed by atoms with Crippen molar-refractivity contribution < 1.29 is 9.21 Å². The SMILES string of the molecule is CNc1cc(C(=O)NCc2ccc(C)o2)c(Cl)cn1. The van der Waals surface area contributed by atoms with E-state index in [4.69, 9.17) is 16.0 Å². The van der Waals surface area contributed by atoms with Gasteiger partial charge in [0.05, 0.1) is 17.1 Å². The number of halogens is 1. The normalized spacial score (nSPS) is 10.3. The van der Waals surface area contributed by atoms with Crippen molar-refractivity contribution in [3.05, 3.63) is 46.5 Å². The summed E-state index contributed by atoms with van der Waals surface area (Å²) in [7, 11) is 1.73. The summed E-state index contributed by atoms with van der Waals surface area (Å²) in [5.74, 6) is 1.83. The van der Waals surface area contributed by atoms with E-state index in [0.29, 0.717) is 28.7 Å². The molecule has 1 amide bonds. The fourth-order valence-corrected chi connectivity index (χ4v) is 1.78. The van der Waals surface area contributed by atoms with Crippen LogP contribution in [-0.4, -0.2) is 17.9 Å². The Morgan fingerprint density at radius 2 is 2.26 bits per heavy atom. The van der Waals surface area contributed by atoms with Crippen molar-refractivity contribution in [2.24, 2.45) is 0 Å². The van der Waals surface area contributed by atoms with Crippen LogP contribution in [-0.2, 0) is 6.54 Å². The summed E-state index contributed by atoms with van der Waals surface area (Å²) in [6.07, 6.45) is 1.44. The lowest BCUT2D eigenvalue weighted by Gasteiger charge is -2.07. The predicted octanol–water partition coefficient (Wildman–Crippen LogP) is 2.61. The van der Waals surface area contributed by atoms with Gasteiger partial charge < -0.3 is 15.1 Å². The van der Waals surface area contributed by atoms with E-state index in [1.165, 1.54) is 6.20 Å². The molecule has 6 heteroatoms. The highest BCUT2D eigenvalue weighted by atomic mass is 35.5. The number of furan rings is 1. The molecule has 0 saturated heterocycles. The van der Waals surface area contributed by atoms with Crippen LogP contribution in [0.4, 0.5) is 5.82 Å². The van der Waals surface area contributed by atoms with E-state index >= 15 is 0 Å². The fraction of sp³-hybridized carbons (Fsp3) is 0.231. The second-order valence-electron chi connectivity index (χ2n) is 3.99. The maximum Gasteiger partial charge on any atom is 0.253 e. The molecule has 5 nitrogen and oxygen atoms in total. The zero-order valence-corrected chi connectivity index (χ0v) is 11.4. The summed E-state index contributed by atoms with van der Waals surface area (Å²) in [6, 6.07) is 5.27. The Bertz CT molecular complexity index is 595. The van der Waals surface area contributed by atoms with E-state index in [1.54, 1.807) is 13.1 Å². The number of anilines is 1. The van der Waals surface area contributed by atoms with Crippen molar-refractivity contribution in [3.8, 4) is 0 Å². The van der Waals surface area contributed by atoms with Crippen molar-refractivity contribution in [3.63, 3.8) is 0 Å². The molecule has 0 spiro atoms. The molecule has 0 radical (unpaired) electrons. The van der Waals surface area contributed by atoms with Crippen LogP contribution >= 0.6 is 11.6 Å². The predicted molar refractivity (Wildman–Crippen MR) is 73.4 cm³/mol. The van der Waals surface area contributed by atoms with E-state index in [2.05, 4.69) is 15.6 Å². The molecule has 0 aliphatic heterocycles. The van der Waals surface area contributed by atoms with Crippen LogP contribution in [0.15, 0.2) is 28.8 Å². The average Bonchev–Trinajstić information content (AvgIpc) is 2.82. The molecule has 0 aliphatic carbocycles. The number of hydrogen-bond donors (Lipinski definition) is 2. The standard InChI is InChI=1S/C13H14ClN3O2/c1-8-3-4-9(19-8)6-17-13(18)10-5-12(15-2)16-7-11(10)14/h3-5,7H,6H2,1-2H3,(H,15,16)(H,17,18). The topological polar surface area (TPSA) is 67.2 Å². The van der Waals surface area contributed by atoms with Crippen molar-refractivity contribution >= 4 is 23.3 Å². The second-order valence-corrected chi connectivity index (χ2v) is 4.40. The third kappa shape index (κ3) is 3.26. The number of aryl methyl sites for hydroxylation is 1. The first-order valence-corrected chi connectivity index (χ1v) is 6.14. The molecule has 100 valence electrons. The third-order valence-electron chi connectivity index (χ3n) is 2.58. The van der Waals surface area contributed by atoms with Gasteiger partial charge >= 0.3 is 0 Å². The smallest absolute Gasteiger partial charge is 0.253 e. The Morgan fingerprint density at radius 1 is 1.47 bits per heavy atom. The van der Waals surface area contributed by atoms with Gasteiger partial charge in [0.15, 0.2) is 0 Å². The lowest BCUT2D eigenvalue weighted by Crippen LogP contribution is -2.23. The largest absolute Gasteiger partial charge is 0.465 e. The van der Waals surface area contributed by atoms with E-state index in [0.717, 1.165) is 5.76 Å². The number of rotatable bonds is 4. The zero-order chi connectivity index (χ0) is 13.8. The van der Waals surface area contributed by atoms with Crippen LogP contribution in [0.25, 0.3) is 0 Å². The van der Waals surface area contributed by atoms with E-state index in [9.17, 15) is 4.79 Å². The molecule has 0 unspecified atom stereocenters. The maximum absolute atomic E-state index is 12.0. The van der Waals surface area contributed by atoms with Gasteiger partial charge in [-0.05, 0) is 25.1 Å². The number of carbonyl (C=O) groups is 1. The first-order valence-electron chi connectivity index (χ1n) is 5.77. The lowest BCUT2D eigenvalue weighted by atomic mass is 10.2. The minimum absolute atomic E-state index is 0.266. The van der Waals surface area contributed by atoms with Crippen LogP contribution in [0.2, 0.25) is 5.02 Å². The Kier molecular flexibility index (Phi) is 4.06. The van der Waals surface area contributed by atoms with Crippen molar-refractivity contribution in [2.45, 2.75) is 13.5 Å². The molecule has 19 heavy (non-hydrogen) atoms. The van der Waals surface area contributed by atoms with Gasteiger partial charge in [-0.3, -0.25) is 4.79 Å². The summed E-state index contributed by atoms with van der Waals surface area (Å²) in [5, 5.41) is 5.92. The number of nitrogens with one attached hydrogen (secondary N) is 2. The van der Waals surface area contributed by atoms with Crippen LogP contribution in [0.1, 0.15) is 21.9 Å². The van der Waals surface area contributed by atoms with E-state index in [-0.39, 0.29) is 5.91 Å². The van der Waals surface area contributed by atoms with Crippen LogP contribution in [0, 0.1) is 6.92 Å². The van der Waals surface area contributed by atoms with Gasteiger partial charge in [-0.1, -0.05) is 11.6 Å². The minimum atomic E-state index is -0.266. The molecule has 0 atom stereocenters. The summed E-state index contributed by atoms with van der Waals surface area (Å²) < 4.78 is 5.37. The zero-order valence-electron chi connectivity index (χ0n) is 10.7. The molecule has 0 bridgehead atoms. The highest BCUT2D eigenvalue weighted by Crippen LogP contribution is 2.18. The van der Waals surface area contributed by atoms with Gasteiger partial charge in [-0.2, -0.15) is 0 Å². The highest BCUT2D eigenvalue weighted by molar-refractivity contribution is 6.33. The number of pyridine rings is 1. The molecule has 2 aromatic heterocycles. The van der Waals surface area contributed by atoms with Gasteiger partial charge in [-0.25, -0.2) is 4.98 Å². The average molecular weight is 280 g/mol. The first kappa shape index (κ1) is 13.4. The number of nitrogens with zero attached hydrogens (tertiary/aromatic N) is 1. The number of aromatic nitrogens is 1. The molecule has 2 N–H and O–H groups in total. The molecule has 0 aliphatic rings. The van der Waals surface area contributed by atoms with E-state index < -0.39 is 0 Å². The summed E-state index contributed by atoms with van der Waals surface area (Å²) >= 11 is 5.96. The Labute approximate surface area is 116 Å². The fourth-order valence-electron chi connectivity index (χ4n) is 1.59. The molecule has 0 fully saturated rings. The van der Waals surface area contributed by atoms with Gasteiger partial charge in [0.2, 0.25) is 0 Å². The van der Waals surface area contributed by atoms with Crippen LogP contribution < -0.4 is 10.6 Å². The van der Waals surface area contributed by atoms with Gasteiger partial charge in [-0.15, -0.1) is 0 Å².